The minimum atomic E-state index is -0.265. The first-order chi connectivity index (χ1) is 27.0. The van der Waals surface area contributed by atoms with Gasteiger partial charge in [-0.05, 0) is 97.3 Å². The molecule has 2 nitrogen and oxygen atoms in total. The van der Waals surface area contributed by atoms with Crippen LogP contribution in [0.5, 0.6) is 0 Å². The molecule has 288 valence electrons. The van der Waals surface area contributed by atoms with Gasteiger partial charge in [0, 0.05) is 39.5 Å². The minimum Gasteiger partial charge on any atom is -0.311 e. The van der Waals surface area contributed by atoms with Crippen LogP contribution in [0.3, 0.4) is 0 Å². The van der Waals surface area contributed by atoms with Crippen molar-refractivity contribution < 1.29 is 0 Å². The lowest BCUT2D eigenvalue weighted by atomic mass is 9.33. The van der Waals surface area contributed by atoms with Crippen molar-refractivity contribution in [3.8, 4) is 0 Å². The van der Waals surface area contributed by atoms with Crippen LogP contribution in [-0.2, 0) is 26.7 Å². The number of fused-ring (bicyclic) bond motifs is 4. The standard InChI is InChI=1S/C51H59B5N2/c1-47(2,32-14-12-11-13-15-32)37-30-44-46-45(31-37)58(39-24-18-34(19-25-39)49(5,6)53)43-27-21-36(51(9,10)55)29-41(43)56(46)40-28-35(50(7,8)54)20-26-42(40)57(44)38-22-16-33(17-23-38)48(3,4)52/h11-31H,52-55H2,1-10H3. The van der Waals surface area contributed by atoms with E-state index in [0.29, 0.717) is 0 Å². The first kappa shape index (κ1) is 40.0. The number of rotatable bonds is 8. The van der Waals surface area contributed by atoms with Crippen LogP contribution in [-0.4, -0.2) is 38.1 Å². The first-order valence-electron chi connectivity index (χ1n) is 21.4. The van der Waals surface area contributed by atoms with Gasteiger partial charge in [0.25, 0.3) is 6.71 Å². The molecule has 0 saturated carbocycles. The molecule has 2 aliphatic heterocycles. The lowest BCUT2D eigenvalue weighted by Crippen LogP contribution is -2.62. The van der Waals surface area contributed by atoms with Gasteiger partial charge in [-0.1, -0.05) is 170 Å². The highest BCUT2D eigenvalue weighted by molar-refractivity contribution is 7.00. The monoisotopic (exact) mass is 755 g/mol. The van der Waals surface area contributed by atoms with Crippen LogP contribution in [0.4, 0.5) is 34.1 Å². The first-order valence-corrected chi connectivity index (χ1v) is 21.4. The summed E-state index contributed by atoms with van der Waals surface area (Å²) in [6, 6.07) is 49.5. The second-order valence-electron chi connectivity index (χ2n) is 21.7. The van der Waals surface area contributed by atoms with Gasteiger partial charge in [-0.2, -0.15) is 0 Å². The number of anilines is 6. The molecule has 2 aliphatic rings. The van der Waals surface area contributed by atoms with Crippen LogP contribution in [0.1, 0.15) is 103 Å². The van der Waals surface area contributed by atoms with E-state index in [1.807, 2.05) is 0 Å². The Morgan fingerprint density at radius 2 is 0.724 bits per heavy atom. The molecule has 0 amide bonds. The van der Waals surface area contributed by atoms with Crippen molar-refractivity contribution in [3.05, 3.63) is 161 Å². The van der Waals surface area contributed by atoms with Crippen molar-refractivity contribution in [1.29, 1.82) is 0 Å². The Morgan fingerprint density at radius 1 is 0.362 bits per heavy atom. The van der Waals surface area contributed by atoms with Crippen LogP contribution >= 0.6 is 0 Å². The molecular formula is C51H59B5N2. The van der Waals surface area contributed by atoms with E-state index < -0.39 is 0 Å². The van der Waals surface area contributed by atoms with Gasteiger partial charge >= 0.3 is 0 Å². The zero-order valence-electron chi connectivity index (χ0n) is 37.6. The largest absolute Gasteiger partial charge is 0.311 e. The zero-order valence-corrected chi connectivity index (χ0v) is 37.6. The molecule has 0 aliphatic carbocycles. The van der Waals surface area contributed by atoms with Gasteiger partial charge in [-0.25, -0.2) is 0 Å². The molecule has 0 saturated heterocycles. The molecule has 0 radical (unpaired) electrons. The summed E-state index contributed by atoms with van der Waals surface area (Å²) in [5, 5.41) is 0.0989. The number of nitrogens with zero attached hydrogens (tertiary/aromatic N) is 2. The molecule has 0 atom stereocenters. The average molecular weight is 754 g/mol. The Bertz CT molecular complexity index is 2370. The summed E-state index contributed by atoms with van der Waals surface area (Å²) in [6.45, 7) is 23.4. The Kier molecular flexibility index (Phi) is 9.43. The Balaban J connectivity index is 1.51. The van der Waals surface area contributed by atoms with Crippen LogP contribution in [0, 0.1) is 0 Å². The molecular weight excluding hydrogens is 695 g/mol. The van der Waals surface area contributed by atoms with Crippen LogP contribution < -0.4 is 26.2 Å². The van der Waals surface area contributed by atoms with E-state index in [2.05, 4.69) is 238 Å². The van der Waals surface area contributed by atoms with Crippen molar-refractivity contribution in [1.82, 2.24) is 0 Å². The summed E-state index contributed by atoms with van der Waals surface area (Å²) in [5.74, 6) is 0. The van der Waals surface area contributed by atoms with Gasteiger partial charge in [0.05, 0.1) is 0 Å². The predicted molar refractivity (Wildman–Crippen MR) is 265 cm³/mol. The normalized spacial score (nSPS) is 14.2. The fourth-order valence-electron chi connectivity index (χ4n) is 9.10. The summed E-state index contributed by atoms with van der Waals surface area (Å²) < 4.78 is 0. The predicted octanol–water partition coefficient (Wildman–Crippen LogP) is 7.57. The summed E-state index contributed by atoms with van der Waals surface area (Å²) >= 11 is 0. The fraction of sp³-hybridized carbons (Fsp3) is 0.294. The summed E-state index contributed by atoms with van der Waals surface area (Å²) in [7, 11) is 9.28. The van der Waals surface area contributed by atoms with Gasteiger partial charge < -0.3 is 9.80 Å². The van der Waals surface area contributed by atoms with Crippen molar-refractivity contribution in [3.63, 3.8) is 0 Å². The van der Waals surface area contributed by atoms with Crippen molar-refractivity contribution in [2.75, 3.05) is 9.80 Å². The number of hydrogen-bond acceptors (Lipinski definition) is 2. The maximum absolute atomic E-state index is 2.58. The maximum atomic E-state index is 2.58. The SMILES string of the molecule is BC(C)(C)c1ccc(N2c3ccc(C(B)(C)C)cc3B3c4cc(C(B)(C)C)ccc4N(c4ccc(C(B)(C)C)cc4)c4cc(C(C)(C)c5ccccc5)cc2c43)cc1. The lowest BCUT2D eigenvalue weighted by molar-refractivity contribution is 0.641. The molecule has 0 spiro atoms. The Morgan fingerprint density at radius 3 is 1.09 bits per heavy atom. The highest BCUT2D eigenvalue weighted by atomic mass is 15.2. The van der Waals surface area contributed by atoms with E-state index in [1.165, 1.54) is 83.9 Å². The Hall–Kier alpha value is -4.76. The molecule has 8 rings (SSSR count). The van der Waals surface area contributed by atoms with Crippen LogP contribution in [0.2, 0.25) is 0 Å². The lowest BCUT2D eigenvalue weighted by Gasteiger charge is -2.46. The van der Waals surface area contributed by atoms with Gasteiger partial charge in [0.15, 0.2) is 0 Å². The van der Waals surface area contributed by atoms with Gasteiger partial charge in [-0.15, -0.1) is 0 Å². The molecule has 0 fully saturated rings. The van der Waals surface area contributed by atoms with Crippen molar-refractivity contribution >= 4 is 88.6 Å². The molecule has 0 bridgehead atoms. The van der Waals surface area contributed by atoms with Gasteiger partial charge in [0.1, 0.15) is 31.4 Å². The molecule has 7 heteroatoms. The summed E-state index contributed by atoms with van der Waals surface area (Å²) in [6.07, 6.45) is 0. The third-order valence-corrected chi connectivity index (χ3v) is 13.0. The summed E-state index contributed by atoms with van der Waals surface area (Å²) in [4.78, 5) is 5.15. The quantitative estimate of drug-likeness (QED) is 0.148. The van der Waals surface area contributed by atoms with Crippen LogP contribution in [0.15, 0.2) is 127 Å². The second kappa shape index (κ2) is 13.7. The second-order valence-corrected chi connectivity index (χ2v) is 21.7. The van der Waals surface area contributed by atoms with Crippen molar-refractivity contribution in [2.45, 2.75) is 95.9 Å². The highest BCUT2D eigenvalue weighted by Crippen LogP contribution is 2.48. The van der Waals surface area contributed by atoms with Crippen LogP contribution in [0.25, 0.3) is 0 Å². The average Bonchev–Trinajstić information content (AvgIpc) is 3.16. The topological polar surface area (TPSA) is 6.48 Å². The molecule has 58 heavy (non-hydrogen) atoms. The minimum absolute atomic E-state index is 0.00746. The van der Waals surface area contributed by atoms with Crippen molar-refractivity contribution in [2.24, 2.45) is 0 Å². The van der Waals surface area contributed by atoms with E-state index in [0.717, 1.165) is 0 Å². The Labute approximate surface area is 353 Å². The number of hydrogen-bond donors (Lipinski definition) is 0. The van der Waals surface area contributed by atoms with E-state index in [1.54, 1.807) is 0 Å². The van der Waals surface area contributed by atoms with E-state index in [4.69, 9.17) is 0 Å². The van der Waals surface area contributed by atoms with Gasteiger partial charge in [-0.3, -0.25) is 0 Å². The highest BCUT2D eigenvalue weighted by Gasteiger charge is 2.45. The molecule has 0 N–H and O–H groups in total. The smallest absolute Gasteiger partial charge is 0.252 e. The molecule has 0 aromatic heterocycles. The molecule has 6 aromatic rings. The molecule has 6 aromatic carbocycles. The third kappa shape index (κ3) is 6.87. The van der Waals surface area contributed by atoms with E-state index in [-0.39, 0.29) is 33.4 Å². The van der Waals surface area contributed by atoms with E-state index in [9.17, 15) is 0 Å². The molecule has 0 unspecified atom stereocenters. The summed E-state index contributed by atoms with van der Waals surface area (Å²) in [5.41, 5.74) is 19.2. The van der Waals surface area contributed by atoms with E-state index >= 15 is 0 Å². The third-order valence-electron chi connectivity index (χ3n) is 13.0. The fourth-order valence-corrected chi connectivity index (χ4v) is 9.10. The van der Waals surface area contributed by atoms with Gasteiger partial charge in [0.2, 0.25) is 0 Å². The molecule has 2 heterocycles. The maximum Gasteiger partial charge on any atom is 0.252 e. The number of benzene rings is 6. The zero-order chi connectivity index (χ0) is 41.7.